The summed E-state index contributed by atoms with van der Waals surface area (Å²) in [4.78, 5) is 24.9. The molecular formula is C21H33FN4O4. The maximum absolute atomic E-state index is 14.7. The smallest absolute Gasteiger partial charge is 0.414 e. The number of guanidine groups is 1. The molecule has 1 aromatic rings. The highest BCUT2D eigenvalue weighted by Gasteiger charge is 2.21. The van der Waals surface area contributed by atoms with Crippen molar-refractivity contribution in [3.63, 3.8) is 0 Å². The highest BCUT2D eigenvalue weighted by molar-refractivity contribution is 6.02. The molecule has 0 aliphatic carbocycles. The number of anilines is 1. The third-order valence-electron chi connectivity index (χ3n) is 3.59. The largest absolute Gasteiger partial charge is 0.444 e. The molecule has 1 rings (SSSR count). The minimum Gasteiger partial charge on any atom is -0.444 e. The van der Waals surface area contributed by atoms with Crippen molar-refractivity contribution >= 4 is 23.8 Å². The molecule has 0 aliphatic heterocycles. The molecule has 0 unspecified atom stereocenters. The molecule has 0 fully saturated rings. The van der Waals surface area contributed by atoms with Gasteiger partial charge in [-0.05, 0) is 72.6 Å². The molecule has 30 heavy (non-hydrogen) atoms. The van der Waals surface area contributed by atoms with Gasteiger partial charge in [-0.3, -0.25) is 10.7 Å². The lowest BCUT2D eigenvalue weighted by atomic mass is 10.1. The van der Waals surface area contributed by atoms with Gasteiger partial charge in [0.15, 0.2) is 0 Å². The lowest BCUT2D eigenvalue weighted by Gasteiger charge is -2.26. The van der Waals surface area contributed by atoms with Crippen molar-refractivity contribution in [3.8, 4) is 0 Å². The average Bonchev–Trinajstić information content (AvgIpc) is 2.53. The molecule has 9 heteroatoms. The van der Waals surface area contributed by atoms with Crippen molar-refractivity contribution in [1.29, 1.82) is 5.41 Å². The van der Waals surface area contributed by atoms with Gasteiger partial charge in [-0.2, -0.15) is 0 Å². The van der Waals surface area contributed by atoms with Gasteiger partial charge in [0.2, 0.25) is 5.96 Å². The molecule has 2 amide bonds. The van der Waals surface area contributed by atoms with Gasteiger partial charge in [-0.15, -0.1) is 0 Å². The number of benzene rings is 1. The van der Waals surface area contributed by atoms with Crippen LogP contribution in [0.4, 0.5) is 19.7 Å². The number of alkyl carbamates (subject to hydrolysis) is 2. The first-order chi connectivity index (χ1) is 13.7. The Morgan fingerprint density at radius 1 is 1.07 bits per heavy atom. The third kappa shape index (κ3) is 9.11. The van der Waals surface area contributed by atoms with Gasteiger partial charge in [0.25, 0.3) is 0 Å². The minimum atomic E-state index is -0.781. The van der Waals surface area contributed by atoms with Crippen LogP contribution in [0.15, 0.2) is 18.2 Å². The first-order valence-corrected chi connectivity index (χ1v) is 9.83. The number of hydrogen-bond donors (Lipinski definition) is 3. The van der Waals surface area contributed by atoms with Crippen molar-refractivity contribution in [3.05, 3.63) is 29.6 Å². The summed E-state index contributed by atoms with van der Waals surface area (Å²) in [5, 5.41) is 13.0. The predicted octanol–water partition coefficient (Wildman–Crippen LogP) is 4.18. The van der Waals surface area contributed by atoms with E-state index in [1.54, 1.807) is 54.5 Å². The summed E-state index contributed by atoms with van der Waals surface area (Å²) in [6, 6.07) is 4.58. The van der Waals surface area contributed by atoms with E-state index in [2.05, 4.69) is 10.6 Å². The van der Waals surface area contributed by atoms with E-state index in [0.717, 1.165) is 0 Å². The van der Waals surface area contributed by atoms with Gasteiger partial charge < -0.3 is 19.7 Å². The second kappa shape index (κ2) is 10.3. The Bertz CT molecular complexity index is 769. The molecule has 0 aliphatic rings. The van der Waals surface area contributed by atoms with Crippen LogP contribution in [0.2, 0.25) is 0 Å². The summed E-state index contributed by atoms with van der Waals surface area (Å²) in [5.74, 6) is -0.827. The molecule has 0 spiro atoms. The van der Waals surface area contributed by atoms with E-state index in [0.29, 0.717) is 18.5 Å². The lowest BCUT2D eigenvalue weighted by molar-refractivity contribution is 0.0524. The van der Waals surface area contributed by atoms with Crippen LogP contribution in [0, 0.1) is 11.2 Å². The molecule has 0 saturated carbocycles. The van der Waals surface area contributed by atoms with Gasteiger partial charge in [-0.1, -0.05) is 6.07 Å². The van der Waals surface area contributed by atoms with Crippen molar-refractivity contribution < 1.29 is 23.5 Å². The van der Waals surface area contributed by atoms with E-state index >= 15 is 0 Å². The Morgan fingerprint density at radius 2 is 1.63 bits per heavy atom. The Hall–Kier alpha value is -2.84. The predicted molar refractivity (Wildman–Crippen MR) is 114 cm³/mol. The Labute approximate surface area is 177 Å². The van der Waals surface area contributed by atoms with Crippen LogP contribution < -0.4 is 15.5 Å². The van der Waals surface area contributed by atoms with Crippen LogP contribution in [0.5, 0.6) is 0 Å². The number of ether oxygens (including phenoxy) is 2. The van der Waals surface area contributed by atoms with E-state index < -0.39 is 29.2 Å². The fourth-order valence-corrected chi connectivity index (χ4v) is 2.46. The average molecular weight is 425 g/mol. The number of carbonyl (C=O) groups excluding carboxylic acids is 2. The Morgan fingerprint density at radius 3 is 2.13 bits per heavy atom. The Balaban J connectivity index is 2.73. The first kappa shape index (κ1) is 25.2. The van der Waals surface area contributed by atoms with Crippen LogP contribution >= 0.6 is 0 Å². The SMILES string of the molecule is CCN(C(=N)NC(=O)OC(C)(C)C)c1ccc(CCNC(=O)OC(C)(C)C)cc1F. The Kier molecular flexibility index (Phi) is 8.62. The molecule has 1 aromatic carbocycles. The topological polar surface area (TPSA) is 104 Å². The van der Waals surface area contributed by atoms with Gasteiger partial charge in [-0.25, -0.2) is 14.0 Å². The summed E-state index contributed by atoms with van der Waals surface area (Å²) in [6.07, 6.45) is -0.898. The number of halogens is 1. The van der Waals surface area contributed by atoms with E-state index in [4.69, 9.17) is 14.9 Å². The van der Waals surface area contributed by atoms with Crippen LogP contribution in [0.25, 0.3) is 0 Å². The molecular weight excluding hydrogens is 391 g/mol. The molecule has 0 atom stereocenters. The highest BCUT2D eigenvalue weighted by atomic mass is 19.1. The normalized spacial score (nSPS) is 11.5. The maximum Gasteiger partial charge on any atom is 0.414 e. The zero-order valence-corrected chi connectivity index (χ0v) is 18.8. The molecule has 168 valence electrons. The second-order valence-electron chi connectivity index (χ2n) is 8.68. The first-order valence-electron chi connectivity index (χ1n) is 9.83. The van der Waals surface area contributed by atoms with E-state index in [1.807, 2.05) is 0 Å². The number of nitrogens with one attached hydrogen (secondary N) is 3. The van der Waals surface area contributed by atoms with Crippen molar-refractivity contribution in [2.45, 2.75) is 66.1 Å². The number of rotatable bonds is 5. The number of carbonyl (C=O) groups is 2. The van der Waals surface area contributed by atoms with E-state index in [1.165, 1.54) is 17.0 Å². The molecule has 0 heterocycles. The molecule has 3 N–H and O–H groups in total. The second-order valence-corrected chi connectivity index (χ2v) is 8.68. The summed E-state index contributed by atoms with van der Waals surface area (Å²) in [6.45, 7) is 12.8. The monoisotopic (exact) mass is 424 g/mol. The fraction of sp³-hybridized carbons (Fsp3) is 0.571. The molecule has 0 radical (unpaired) electrons. The van der Waals surface area contributed by atoms with Crippen LogP contribution in [-0.2, 0) is 15.9 Å². The zero-order chi connectivity index (χ0) is 23.1. The van der Waals surface area contributed by atoms with Crippen molar-refractivity contribution in [1.82, 2.24) is 10.6 Å². The van der Waals surface area contributed by atoms with Crippen molar-refractivity contribution in [2.75, 3.05) is 18.0 Å². The van der Waals surface area contributed by atoms with Crippen LogP contribution in [-0.4, -0.2) is 42.4 Å². The van der Waals surface area contributed by atoms with Crippen LogP contribution in [0.3, 0.4) is 0 Å². The molecule has 8 nitrogen and oxygen atoms in total. The standard InChI is InChI=1S/C21H33FN4O4/c1-8-26(17(23)25-19(28)30-21(5,6)7)16-10-9-14(13-15(16)22)11-12-24-18(27)29-20(2,3)4/h9-10,13H,8,11-12H2,1-7H3,(H,24,27)(H2,23,25,28). The molecule has 0 saturated heterocycles. The zero-order valence-electron chi connectivity index (χ0n) is 18.8. The number of hydrogen-bond acceptors (Lipinski definition) is 5. The number of amides is 2. The van der Waals surface area contributed by atoms with Gasteiger partial charge >= 0.3 is 12.2 Å². The van der Waals surface area contributed by atoms with E-state index in [9.17, 15) is 14.0 Å². The third-order valence-corrected chi connectivity index (χ3v) is 3.59. The van der Waals surface area contributed by atoms with Gasteiger partial charge in [0, 0.05) is 13.1 Å². The fourth-order valence-electron chi connectivity index (χ4n) is 2.46. The molecule has 0 aromatic heterocycles. The van der Waals surface area contributed by atoms with Crippen molar-refractivity contribution in [2.24, 2.45) is 0 Å². The lowest BCUT2D eigenvalue weighted by Crippen LogP contribution is -2.45. The van der Waals surface area contributed by atoms with Crippen LogP contribution in [0.1, 0.15) is 54.0 Å². The summed E-state index contributed by atoms with van der Waals surface area (Å²) < 4.78 is 24.9. The molecule has 0 bridgehead atoms. The van der Waals surface area contributed by atoms with Gasteiger partial charge in [0.1, 0.15) is 17.0 Å². The minimum absolute atomic E-state index is 0.155. The summed E-state index contributed by atoms with van der Waals surface area (Å²) >= 11 is 0. The highest BCUT2D eigenvalue weighted by Crippen LogP contribution is 2.21. The summed E-state index contributed by atoms with van der Waals surface area (Å²) in [5.41, 5.74) is -0.460. The van der Waals surface area contributed by atoms with E-state index in [-0.39, 0.29) is 18.2 Å². The van der Waals surface area contributed by atoms with Gasteiger partial charge in [0.05, 0.1) is 5.69 Å². The number of nitrogens with zero attached hydrogens (tertiary/aromatic N) is 1. The quantitative estimate of drug-likeness (QED) is 0.486. The maximum atomic E-state index is 14.7. The summed E-state index contributed by atoms with van der Waals surface area (Å²) in [7, 11) is 0.